The van der Waals surface area contributed by atoms with Crippen molar-refractivity contribution < 1.29 is 33.9 Å². The van der Waals surface area contributed by atoms with E-state index in [-0.39, 0.29) is 37.0 Å². The Labute approximate surface area is 247 Å². The van der Waals surface area contributed by atoms with Gasteiger partial charge < -0.3 is 25.6 Å². The number of carbonyl (C=O) groups is 5. The van der Waals surface area contributed by atoms with Crippen LogP contribution >= 0.6 is 0 Å². The summed E-state index contributed by atoms with van der Waals surface area (Å²) in [6.07, 6.45) is 4.85. The fourth-order valence-electron chi connectivity index (χ4n) is 5.47. The molecule has 0 bridgehead atoms. The van der Waals surface area contributed by atoms with Crippen molar-refractivity contribution in [3.63, 3.8) is 0 Å². The van der Waals surface area contributed by atoms with Crippen LogP contribution in [0.3, 0.4) is 0 Å². The molecule has 5 N–H and O–H groups in total. The second kappa shape index (κ2) is 16.1. The molecule has 1 aromatic carbocycles. The lowest BCUT2D eigenvalue weighted by molar-refractivity contribution is -0.147. The predicted molar refractivity (Wildman–Crippen MR) is 154 cm³/mol. The van der Waals surface area contributed by atoms with Gasteiger partial charge >= 0.3 is 0 Å². The smallest absolute Gasteiger partial charge is 0.246 e. The summed E-state index contributed by atoms with van der Waals surface area (Å²) in [5.74, 6) is -1.64. The zero-order valence-corrected chi connectivity index (χ0v) is 24.8. The van der Waals surface area contributed by atoms with Crippen molar-refractivity contribution in [2.45, 2.75) is 102 Å². The van der Waals surface area contributed by atoms with Gasteiger partial charge in [0.2, 0.25) is 29.5 Å². The van der Waals surface area contributed by atoms with Crippen molar-refractivity contribution in [3.8, 4) is 5.75 Å². The van der Waals surface area contributed by atoms with Crippen LogP contribution < -0.4 is 26.2 Å². The molecule has 2 heterocycles. The van der Waals surface area contributed by atoms with Gasteiger partial charge in [-0.25, -0.2) is 5.48 Å². The van der Waals surface area contributed by atoms with Gasteiger partial charge in [-0.05, 0) is 55.7 Å². The zero-order valence-electron chi connectivity index (χ0n) is 24.8. The standard InChI is InChI=1S/C30H45N5O7/c1-4-19(2)26-30(40)35-17-9-8-11-24(35)29(39)31-22(10-6-5-7-12-25(36)34-41)27(37)32-23(28(38)33-26)18-20-13-15-21(42-3)16-14-20/h13-16,19,22-24,26,41H,4-12,17-18H2,1-3H3,(H,31,39)(H,32,37)(H,33,38)(H,34,36)/t19-,22-,23+,24+,26-/m0/s1. The first-order valence-electron chi connectivity index (χ1n) is 15.0. The van der Waals surface area contributed by atoms with E-state index >= 15 is 0 Å². The van der Waals surface area contributed by atoms with Gasteiger partial charge in [0, 0.05) is 19.4 Å². The highest BCUT2D eigenvalue weighted by Gasteiger charge is 2.40. The summed E-state index contributed by atoms with van der Waals surface area (Å²) in [5.41, 5.74) is 2.38. The number of hydroxylamine groups is 1. The van der Waals surface area contributed by atoms with E-state index in [1.165, 1.54) is 0 Å². The van der Waals surface area contributed by atoms with Crippen LogP contribution in [-0.4, -0.2) is 77.5 Å². The number of unbranched alkanes of at least 4 members (excludes halogenated alkanes) is 2. The Bertz CT molecular complexity index is 1100. The van der Waals surface area contributed by atoms with Crippen LogP contribution in [0, 0.1) is 5.92 Å². The van der Waals surface area contributed by atoms with Crippen molar-refractivity contribution in [2.75, 3.05) is 13.7 Å². The highest BCUT2D eigenvalue weighted by atomic mass is 16.5. The Morgan fingerprint density at radius 3 is 2.36 bits per heavy atom. The fourth-order valence-corrected chi connectivity index (χ4v) is 5.47. The maximum atomic E-state index is 13.9. The van der Waals surface area contributed by atoms with Gasteiger partial charge in [0.1, 0.15) is 29.9 Å². The van der Waals surface area contributed by atoms with Crippen molar-refractivity contribution in [3.05, 3.63) is 29.8 Å². The molecule has 2 aliphatic rings. The average molecular weight is 588 g/mol. The van der Waals surface area contributed by atoms with E-state index in [2.05, 4.69) is 16.0 Å². The third kappa shape index (κ3) is 8.91. The van der Waals surface area contributed by atoms with Crippen molar-refractivity contribution >= 4 is 29.5 Å². The van der Waals surface area contributed by atoms with Crippen molar-refractivity contribution in [1.82, 2.24) is 26.3 Å². The van der Waals surface area contributed by atoms with Gasteiger partial charge in [-0.2, -0.15) is 0 Å². The Morgan fingerprint density at radius 1 is 1.00 bits per heavy atom. The minimum atomic E-state index is -0.991. The van der Waals surface area contributed by atoms with Crippen LogP contribution in [0.2, 0.25) is 0 Å². The van der Waals surface area contributed by atoms with E-state index < -0.39 is 41.9 Å². The molecule has 12 heteroatoms. The molecule has 0 unspecified atom stereocenters. The number of piperidine rings is 1. The number of methoxy groups -OCH3 is 1. The van der Waals surface area contributed by atoms with E-state index in [1.54, 1.807) is 29.6 Å². The number of nitrogens with one attached hydrogen (secondary N) is 4. The van der Waals surface area contributed by atoms with Crippen LogP contribution in [0.1, 0.15) is 77.2 Å². The molecule has 12 nitrogen and oxygen atoms in total. The molecule has 5 amide bonds. The number of ether oxygens (including phenoxy) is 1. The fraction of sp³-hybridized carbons (Fsp3) is 0.633. The number of hydrogen-bond donors (Lipinski definition) is 5. The van der Waals surface area contributed by atoms with Gasteiger partial charge in [-0.3, -0.25) is 29.2 Å². The van der Waals surface area contributed by atoms with E-state index in [1.807, 2.05) is 26.0 Å². The van der Waals surface area contributed by atoms with Crippen LogP contribution in [0.5, 0.6) is 5.75 Å². The first-order valence-corrected chi connectivity index (χ1v) is 15.0. The molecular weight excluding hydrogens is 542 g/mol. The van der Waals surface area contributed by atoms with Gasteiger partial charge in [0.05, 0.1) is 7.11 Å². The molecule has 0 radical (unpaired) electrons. The molecule has 0 aliphatic carbocycles. The van der Waals surface area contributed by atoms with Crippen LogP contribution in [0.25, 0.3) is 0 Å². The molecular formula is C30H45N5O7. The average Bonchev–Trinajstić information content (AvgIpc) is 3.01. The summed E-state index contributed by atoms with van der Waals surface area (Å²) >= 11 is 0. The summed E-state index contributed by atoms with van der Waals surface area (Å²) in [6.45, 7) is 4.24. The molecule has 0 spiro atoms. The van der Waals surface area contributed by atoms with Crippen LogP contribution in [0.4, 0.5) is 0 Å². The van der Waals surface area contributed by atoms with E-state index in [0.717, 1.165) is 18.4 Å². The lowest BCUT2D eigenvalue weighted by Gasteiger charge is -2.39. The molecule has 3 rings (SSSR count). The molecule has 2 aliphatic heterocycles. The molecule has 0 saturated carbocycles. The Hall–Kier alpha value is -3.67. The zero-order chi connectivity index (χ0) is 30.6. The van der Waals surface area contributed by atoms with Gasteiger partial charge in [-0.1, -0.05) is 45.2 Å². The van der Waals surface area contributed by atoms with Gasteiger partial charge in [-0.15, -0.1) is 0 Å². The largest absolute Gasteiger partial charge is 0.497 e. The minimum absolute atomic E-state index is 0.139. The van der Waals surface area contributed by atoms with Gasteiger partial charge in [0.25, 0.3) is 0 Å². The van der Waals surface area contributed by atoms with Crippen molar-refractivity contribution in [2.24, 2.45) is 5.92 Å². The predicted octanol–water partition coefficient (Wildman–Crippen LogP) is 1.59. The van der Waals surface area contributed by atoms with Crippen LogP contribution in [0.15, 0.2) is 24.3 Å². The molecule has 42 heavy (non-hydrogen) atoms. The Kier molecular flexibility index (Phi) is 12.6. The van der Waals surface area contributed by atoms with E-state index in [9.17, 15) is 24.0 Å². The number of nitrogens with zero attached hydrogens (tertiary/aromatic N) is 1. The third-order valence-corrected chi connectivity index (χ3v) is 8.25. The van der Waals surface area contributed by atoms with E-state index in [4.69, 9.17) is 9.94 Å². The first kappa shape index (κ1) is 32.8. The number of amides is 5. The summed E-state index contributed by atoms with van der Waals surface area (Å²) in [6, 6.07) is 3.68. The van der Waals surface area contributed by atoms with E-state index in [0.29, 0.717) is 44.4 Å². The highest BCUT2D eigenvalue weighted by Crippen LogP contribution is 2.22. The maximum Gasteiger partial charge on any atom is 0.246 e. The third-order valence-electron chi connectivity index (χ3n) is 8.25. The SMILES string of the molecule is CC[C@H](C)[C@@H]1NC(=O)[C@@H](Cc2ccc(OC)cc2)NC(=O)[C@H](CCCCCC(=O)NO)NC(=O)[C@H]2CCCCN2C1=O. The number of rotatable bonds is 11. The summed E-state index contributed by atoms with van der Waals surface area (Å²) in [4.78, 5) is 67.7. The first-order chi connectivity index (χ1) is 20.2. The second-order valence-electron chi connectivity index (χ2n) is 11.2. The van der Waals surface area contributed by atoms with Crippen LogP contribution in [-0.2, 0) is 30.4 Å². The molecule has 2 saturated heterocycles. The summed E-state index contributed by atoms with van der Waals surface area (Å²) in [7, 11) is 1.56. The number of fused-ring (bicyclic) bond motifs is 1. The molecule has 5 atom stereocenters. The summed E-state index contributed by atoms with van der Waals surface area (Å²) < 4.78 is 5.23. The monoisotopic (exact) mass is 587 g/mol. The normalized spacial score (nSPS) is 24.2. The van der Waals surface area contributed by atoms with Crippen molar-refractivity contribution in [1.29, 1.82) is 0 Å². The topological polar surface area (TPSA) is 166 Å². The molecule has 232 valence electrons. The lowest BCUT2D eigenvalue weighted by Crippen LogP contribution is -2.64. The number of carbonyl (C=O) groups excluding carboxylic acids is 5. The maximum absolute atomic E-state index is 13.9. The Morgan fingerprint density at radius 2 is 1.69 bits per heavy atom. The minimum Gasteiger partial charge on any atom is -0.497 e. The molecule has 1 aromatic rings. The quantitative estimate of drug-likeness (QED) is 0.149. The summed E-state index contributed by atoms with van der Waals surface area (Å²) in [5, 5.41) is 17.3. The highest BCUT2D eigenvalue weighted by molar-refractivity contribution is 5.97. The Balaban J connectivity index is 1.90. The number of benzene rings is 1. The molecule has 0 aromatic heterocycles. The second-order valence-corrected chi connectivity index (χ2v) is 11.2. The molecule has 2 fully saturated rings. The number of hydrogen-bond acceptors (Lipinski definition) is 7. The van der Waals surface area contributed by atoms with Gasteiger partial charge in [0.15, 0.2) is 0 Å². The lowest BCUT2D eigenvalue weighted by atomic mass is 9.93.